The summed E-state index contributed by atoms with van der Waals surface area (Å²) in [5.41, 5.74) is 1.31. The smallest absolute Gasteiger partial charge is 0.269 e. The van der Waals surface area contributed by atoms with E-state index in [4.69, 9.17) is 0 Å². The zero-order valence-electron chi connectivity index (χ0n) is 12.0. The van der Waals surface area contributed by atoms with Gasteiger partial charge in [-0.25, -0.2) is 4.98 Å². The van der Waals surface area contributed by atoms with Crippen LogP contribution in [-0.2, 0) is 0 Å². The van der Waals surface area contributed by atoms with Crippen LogP contribution in [0.15, 0.2) is 35.7 Å². The van der Waals surface area contributed by atoms with Crippen molar-refractivity contribution in [3.05, 3.63) is 52.0 Å². The van der Waals surface area contributed by atoms with Crippen molar-refractivity contribution in [2.75, 3.05) is 20.6 Å². The van der Waals surface area contributed by atoms with Gasteiger partial charge in [-0.1, -0.05) is 12.1 Å². The minimum atomic E-state index is -0.128. The Hall–Kier alpha value is -1.72. The summed E-state index contributed by atoms with van der Waals surface area (Å²) in [6.45, 7) is 2.45. The van der Waals surface area contributed by atoms with E-state index in [2.05, 4.69) is 26.6 Å². The molecule has 2 rings (SSSR count). The Morgan fingerprint density at radius 2 is 2.15 bits per heavy atom. The van der Waals surface area contributed by atoms with Crippen molar-refractivity contribution in [2.24, 2.45) is 0 Å². The Balaban J connectivity index is 2.01. The summed E-state index contributed by atoms with van der Waals surface area (Å²) in [5.74, 6) is -0.128. The summed E-state index contributed by atoms with van der Waals surface area (Å²) >= 11 is 1.70. The Bertz CT molecular complexity index is 566. The van der Waals surface area contributed by atoms with Crippen molar-refractivity contribution in [3.8, 4) is 0 Å². The van der Waals surface area contributed by atoms with E-state index in [1.54, 1.807) is 17.4 Å². The number of pyridine rings is 1. The molecule has 1 unspecified atom stereocenters. The van der Waals surface area contributed by atoms with Crippen molar-refractivity contribution >= 4 is 17.2 Å². The standard InChI is InChI=1S/C15H19N3OS/c1-11-6-4-7-12(17-11)15(19)16-10-13(18(2)3)14-8-5-9-20-14/h4-9,13H,10H2,1-3H3,(H,16,19). The number of likely N-dealkylation sites (N-methyl/N-ethyl adjacent to an activating group) is 1. The summed E-state index contributed by atoms with van der Waals surface area (Å²) in [6.07, 6.45) is 0. The van der Waals surface area contributed by atoms with Crippen molar-refractivity contribution in [3.63, 3.8) is 0 Å². The van der Waals surface area contributed by atoms with E-state index in [9.17, 15) is 4.79 Å². The third-order valence-corrected chi connectivity index (χ3v) is 4.05. The second kappa shape index (κ2) is 6.63. The quantitative estimate of drug-likeness (QED) is 0.920. The molecule has 20 heavy (non-hydrogen) atoms. The number of hydrogen-bond donors (Lipinski definition) is 1. The number of carbonyl (C=O) groups is 1. The number of aryl methyl sites for hydroxylation is 1. The molecule has 1 atom stereocenters. The zero-order chi connectivity index (χ0) is 14.5. The van der Waals surface area contributed by atoms with Gasteiger partial charge in [0.1, 0.15) is 5.69 Å². The fourth-order valence-corrected chi connectivity index (χ4v) is 2.89. The van der Waals surface area contributed by atoms with Crippen LogP contribution in [0.4, 0.5) is 0 Å². The molecule has 4 nitrogen and oxygen atoms in total. The van der Waals surface area contributed by atoms with Crippen molar-refractivity contribution in [1.29, 1.82) is 0 Å². The lowest BCUT2D eigenvalue weighted by Crippen LogP contribution is -2.34. The van der Waals surface area contributed by atoms with Gasteiger partial charge < -0.3 is 10.2 Å². The molecule has 1 N–H and O–H groups in total. The summed E-state index contributed by atoms with van der Waals surface area (Å²) in [4.78, 5) is 19.7. The molecule has 2 aromatic heterocycles. The first-order valence-electron chi connectivity index (χ1n) is 6.49. The Kier molecular flexibility index (Phi) is 4.87. The van der Waals surface area contributed by atoms with E-state index in [1.807, 2.05) is 39.2 Å². The van der Waals surface area contributed by atoms with Gasteiger partial charge in [0, 0.05) is 17.1 Å². The minimum absolute atomic E-state index is 0.128. The number of amides is 1. The minimum Gasteiger partial charge on any atom is -0.349 e. The predicted molar refractivity (Wildman–Crippen MR) is 82.1 cm³/mol. The van der Waals surface area contributed by atoms with Crippen molar-refractivity contribution < 1.29 is 4.79 Å². The van der Waals surface area contributed by atoms with E-state index in [1.165, 1.54) is 4.88 Å². The molecule has 0 aromatic carbocycles. The molecule has 0 bridgehead atoms. The molecular weight excluding hydrogens is 270 g/mol. The van der Waals surface area contributed by atoms with Crippen LogP contribution < -0.4 is 5.32 Å². The van der Waals surface area contributed by atoms with Crippen LogP contribution in [0.1, 0.15) is 27.1 Å². The lowest BCUT2D eigenvalue weighted by Gasteiger charge is -2.23. The van der Waals surface area contributed by atoms with Crippen LogP contribution in [0.25, 0.3) is 0 Å². The van der Waals surface area contributed by atoms with E-state index in [-0.39, 0.29) is 11.9 Å². The average Bonchev–Trinajstić information content (AvgIpc) is 2.92. The maximum atomic E-state index is 12.1. The number of hydrogen-bond acceptors (Lipinski definition) is 4. The number of rotatable bonds is 5. The summed E-state index contributed by atoms with van der Waals surface area (Å²) in [7, 11) is 4.03. The maximum absolute atomic E-state index is 12.1. The van der Waals surface area contributed by atoms with E-state index in [0.29, 0.717) is 12.2 Å². The number of thiophene rings is 1. The van der Waals surface area contributed by atoms with Crippen LogP contribution in [0.5, 0.6) is 0 Å². The van der Waals surface area contributed by atoms with E-state index in [0.717, 1.165) is 5.69 Å². The van der Waals surface area contributed by atoms with Gasteiger partial charge in [-0.2, -0.15) is 0 Å². The van der Waals surface area contributed by atoms with Gasteiger partial charge in [0.15, 0.2) is 0 Å². The van der Waals surface area contributed by atoms with Gasteiger partial charge in [0.2, 0.25) is 0 Å². The molecule has 0 aliphatic rings. The lowest BCUT2D eigenvalue weighted by atomic mass is 10.2. The molecule has 0 aliphatic heterocycles. The number of aromatic nitrogens is 1. The summed E-state index contributed by atoms with van der Waals surface area (Å²) in [5, 5.41) is 5.01. The first-order valence-corrected chi connectivity index (χ1v) is 7.37. The highest BCUT2D eigenvalue weighted by Crippen LogP contribution is 2.22. The largest absolute Gasteiger partial charge is 0.349 e. The number of nitrogens with one attached hydrogen (secondary N) is 1. The molecule has 0 spiro atoms. The molecule has 5 heteroatoms. The molecule has 0 saturated carbocycles. The number of carbonyl (C=O) groups excluding carboxylic acids is 1. The highest BCUT2D eigenvalue weighted by atomic mass is 32.1. The molecule has 0 fully saturated rings. The highest BCUT2D eigenvalue weighted by molar-refractivity contribution is 7.10. The van der Waals surface area contributed by atoms with Gasteiger partial charge in [-0.15, -0.1) is 11.3 Å². The van der Waals surface area contributed by atoms with Crippen molar-refractivity contribution in [1.82, 2.24) is 15.2 Å². The summed E-state index contributed by atoms with van der Waals surface area (Å²) in [6, 6.07) is 9.76. The average molecular weight is 289 g/mol. The second-order valence-electron chi connectivity index (χ2n) is 4.87. The van der Waals surface area contributed by atoms with Crippen LogP contribution in [0, 0.1) is 6.92 Å². The fraction of sp³-hybridized carbons (Fsp3) is 0.333. The van der Waals surface area contributed by atoms with Gasteiger partial charge in [-0.3, -0.25) is 4.79 Å². The molecule has 1 amide bonds. The first-order chi connectivity index (χ1) is 9.58. The van der Waals surface area contributed by atoms with Gasteiger partial charge >= 0.3 is 0 Å². The Labute approximate surface area is 123 Å². The fourth-order valence-electron chi connectivity index (χ4n) is 1.97. The van der Waals surface area contributed by atoms with Crippen LogP contribution in [0.2, 0.25) is 0 Å². The highest BCUT2D eigenvalue weighted by Gasteiger charge is 2.17. The van der Waals surface area contributed by atoms with Crippen LogP contribution in [-0.4, -0.2) is 36.4 Å². The van der Waals surface area contributed by atoms with Gasteiger partial charge in [-0.05, 0) is 44.6 Å². The molecule has 2 aromatic rings. The van der Waals surface area contributed by atoms with E-state index < -0.39 is 0 Å². The molecule has 106 valence electrons. The van der Waals surface area contributed by atoms with Crippen molar-refractivity contribution in [2.45, 2.75) is 13.0 Å². The monoisotopic (exact) mass is 289 g/mol. The maximum Gasteiger partial charge on any atom is 0.269 e. The van der Waals surface area contributed by atoms with Gasteiger partial charge in [0.25, 0.3) is 5.91 Å². The predicted octanol–water partition coefficient (Wildman–Crippen LogP) is 2.48. The zero-order valence-corrected chi connectivity index (χ0v) is 12.8. The first kappa shape index (κ1) is 14.7. The Morgan fingerprint density at radius 3 is 2.75 bits per heavy atom. The topological polar surface area (TPSA) is 45.2 Å². The summed E-state index contributed by atoms with van der Waals surface area (Å²) < 4.78 is 0. The number of nitrogens with zero attached hydrogens (tertiary/aromatic N) is 2. The van der Waals surface area contributed by atoms with Gasteiger partial charge in [0.05, 0.1) is 6.04 Å². The normalized spacial score (nSPS) is 12.4. The van der Waals surface area contributed by atoms with Crippen LogP contribution in [0.3, 0.4) is 0 Å². The second-order valence-corrected chi connectivity index (χ2v) is 5.85. The molecular formula is C15H19N3OS. The molecule has 2 heterocycles. The molecule has 0 saturated heterocycles. The third-order valence-electron chi connectivity index (χ3n) is 3.07. The Morgan fingerprint density at radius 1 is 1.35 bits per heavy atom. The molecule has 0 aliphatic carbocycles. The SMILES string of the molecule is Cc1cccc(C(=O)NCC(c2cccs2)N(C)C)n1. The molecule has 0 radical (unpaired) electrons. The third kappa shape index (κ3) is 3.65. The lowest BCUT2D eigenvalue weighted by molar-refractivity contribution is 0.0937. The van der Waals surface area contributed by atoms with E-state index >= 15 is 0 Å². The van der Waals surface area contributed by atoms with Crippen LogP contribution >= 0.6 is 11.3 Å².